The highest BCUT2D eigenvalue weighted by molar-refractivity contribution is 5.93. The first kappa shape index (κ1) is 16.2. The second kappa shape index (κ2) is 6.57. The van der Waals surface area contributed by atoms with Crippen LogP contribution in [0.1, 0.15) is 65.9 Å². The minimum atomic E-state index is -0.0473. The van der Waals surface area contributed by atoms with Crippen LogP contribution >= 0.6 is 0 Å². The molecule has 2 aliphatic rings. The fourth-order valence-electron chi connectivity index (χ4n) is 3.94. The summed E-state index contributed by atoms with van der Waals surface area (Å²) in [6.07, 6.45) is 5.94. The van der Waals surface area contributed by atoms with Gasteiger partial charge in [0.25, 0.3) is 5.91 Å². The van der Waals surface area contributed by atoms with Crippen molar-refractivity contribution in [1.29, 1.82) is 0 Å². The third-order valence-electron chi connectivity index (χ3n) is 5.46. The molecule has 0 radical (unpaired) electrons. The van der Waals surface area contributed by atoms with Crippen LogP contribution in [0.25, 0.3) is 0 Å². The molecule has 1 atom stereocenters. The molecule has 1 unspecified atom stereocenters. The standard InChI is InChI=1S/C17H24N6O2/c1-11-15(19-21-23(11)9-13-5-3-4-6-13)17(24)22-8-7-14(10-22)16-18-12(2)20-25-16/h13-14H,3-10H2,1-2H3. The van der Waals surface area contributed by atoms with Crippen molar-refractivity contribution in [2.45, 2.75) is 58.4 Å². The number of hydrogen-bond donors (Lipinski definition) is 0. The van der Waals surface area contributed by atoms with Crippen LogP contribution in [-0.4, -0.2) is 49.0 Å². The fourth-order valence-corrected chi connectivity index (χ4v) is 3.94. The van der Waals surface area contributed by atoms with Crippen molar-refractivity contribution in [2.75, 3.05) is 13.1 Å². The lowest BCUT2D eigenvalue weighted by molar-refractivity contribution is 0.0783. The summed E-state index contributed by atoms with van der Waals surface area (Å²) in [5.74, 6) is 1.98. The quantitative estimate of drug-likeness (QED) is 0.844. The maximum atomic E-state index is 12.8. The van der Waals surface area contributed by atoms with E-state index in [9.17, 15) is 4.79 Å². The third-order valence-corrected chi connectivity index (χ3v) is 5.46. The largest absolute Gasteiger partial charge is 0.339 e. The molecule has 1 aliphatic heterocycles. The zero-order valence-electron chi connectivity index (χ0n) is 14.8. The van der Waals surface area contributed by atoms with Crippen LogP contribution in [0.4, 0.5) is 0 Å². The Hall–Kier alpha value is -2.25. The van der Waals surface area contributed by atoms with Crippen molar-refractivity contribution in [1.82, 2.24) is 30.0 Å². The number of hydrogen-bond acceptors (Lipinski definition) is 6. The highest BCUT2D eigenvalue weighted by atomic mass is 16.5. The molecule has 4 rings (SSSR count). The summed E-state index contributed by atoms with van der Waals surface area (Å²) in [6, 6.07) is 0. The molecule has 2 aromatic heterocycles. The molecule has 1 aliphatic carbocycles. The van der Waals surface area contributed by atoms with Crippen molar-refractivity contribution >= 4 is 5.91 Å². The number of rotatable bonds is 4. The first-order chi connectivity index (χ1) is 12.1. The lowest BCUT2D eigenvalue weighted by Gasteiger charge is -2.15. The molecule has 1 saturated carbocycles. The lowest BCUT2D eigenvalue weighted by Crippen LogP contribution is -2.29. The molecule has 2 fully saturated rings. The van der Waals surface area contributed by atoms with Crippen LogP contribution < -0.4 is 0 Å². The van der Waals surface area contributed by atoms with Crippen molar-refractivity contribution in [3.63, 3.8) is 0 Å². The normalized spacial score (nSPS) is 21.4. The Morgan fingerprint density at radius 1 is 1.24 bits per heavy atom. The zero-order valence-corrected chi connectivity index (χ0v) is 14.8. The lowest BCUT2D eigenvalue weighted by atomic mass is 10.1. The summed E-state index contributed by atoms with van der Waals surface area (Å²) in [4.78, 5) is 19.0. The average molecular weight is 344 g/mol. The van der Waals surface area contributed by atoms with Crippen molar-refractivity contribution in [3.8, 4) is 0 Å². The van der Waals surface area contributed by atoms with Crippen molar-refractivity contribution in [3.05, 3.63) is 23.1 Å². The van der Waals surface area contributed by atoms with E-state index in [1.807, 2.05) is 16.5 Å². The Balaban J connectivity index is 1.43. The van der Waals surface area contributed by atoms with Crippen LogP contribution in [0.2, 0.25) is 0 Å². The van der Waals surface area contributed by atoms with E-state index < -0.39 is 0 Å². The summed E-state index contributed by atoms with van der Waals surface area (Å²) in [7, 11) is 0. The molecule has 0 N–H and O–H groups in total. The number of aryl methyl sites for hydroxylation is 1. The fraction of sp³-hybridized carbons (Fsp3) is 0.706. The summed E-state index contributed by atoms with van der Waals surface area (Å²) >= 11 is 0. The van der Waals surface area contributed by atoms with E-state index in [0.29, 0.717) is 36.4 Å². The second-order valence-electron chi connectivity index (χ2n) is 7.27. The van der Waals surface area contributed by atoms with Gasteiger partial charge in [-0.25, -0.2) is 4.68 Å². The predicted octanol–water partition coefficient (Wildman–Crippen LogP) is 2.10. The predicted molar refractivity (Wildman–Crippen MR) is 89.0 cm³/mol. The number of carbonyl (C=O) groups excluding carboxylic acids is 1. The van der Waals surface area contributed by atoms with E-state index >= 15 is 0 Å². The van der Waals surface area contributed by atoms with Gasteiger partial charge < -0.3 is 9.42 Å². The summed E-state index contributed by atoms with van der Waals surface area (Å²) in [5.41, 5.74) is 1.34. The number of carbonyl (C=O) groups is 1. The molecule has 2 aromatic rings. The molecule has 134 valence electrons. The topological polar surface area (TPSA) is 89.9 Å². The van der Waals surface area contributed by atoms with E-state index in [1.54, 1.807) is 6.92 Å². The van der Waals surface area contributed by atoms with Gasteiger partial charge in [0.05, 0.1) is 11.6 Å². The van der Waals surface area contributed by atoms with Gasteiger partial charge in [0, 0.05) is 19.6 Å². The van der Waals surface area contributed by atoms with Crippen molar-refractivity contribution < 1.29 is 9.32 Å². The smallest absolute Gasteiger partial charge is 0.276 e. The van der Waals surface area contributed by atoms with Gasteiger partial charge in [0.1, 0.15) is 0 Å². The van der Waals surface area contributed by atoms with E-state index in [2.05, 4.69) is 20.5 Å². The molecule has 0 spiro atoms. The SMILES string of the molecule is Cc1noc(C2CCN(C(=O)c3nnn(CC4CCCC4)c3C)C2)n1. The Kier molecular flexibility index (Phi) is 4.27. The zero-order chi connectivity index (χ0) is 17.4. The number of amides is 1. The van der Waals surface area contributed by atoms with Gasteiger partial charge in [0.2, 0.25) is 5.89 Å². The Labute approximate surface area is 146 Å². The molecule has 25 heavy (non-hydrogen) atoms. The summed E-state index contributed by atoms with van der Waals surface area (Å²) in [5, 5.41) is 12.2. The van der Waals surface area contributed by atoms with Crippen LogP contribution in [-0.2, 0) is 6.54 Å². The molecule has 3 heterocycles. The second-order valence-corrected chi connectivity index (χ2v) is 7.27. The highest BCUT2D eigenvalue weighted by Crippen LogP contribution is 2.28. The minimum Gasteiger partial charge on any atom is -0.339 e. The first-order valence-corrected chi connectivity index (χ1v) is 9.11. The van der Waals surface area contributed by atoms with Gasteiger partial charge in [-0.05, 0) is 39.0 Å². The Bertz CT molecular complexity index is 761. The van der Waals surface area contributed by atoms with E-state index in [4.69, 9.17) is 4.52 Å². The average Bonchev–Trinajstić information content (AvgIpc) is 3.36. The molecule has 1 amide bonds. The highest BCUT2D eigenvalue weighted by Gasteiger charge is 2.33. The van der Waals surface area contributed by atoms with Gasteiger partial charge in [-0.2, -0.15) is 4.98 Å². The van der Waals surface area contributed by atoms with E-state index in [0.717, 1.165) is 18.7 Å². The van der Waals surface area contributed by atoms with E-state index in [1.165, 1.54) is 25.7 Å². The summed E-state index contributed by atoms with van der Waals surface area (Å²) in [6.45, 7) is 5.89. The molecule has 8 heteroatoms. The van der Waals surface area contributed by atoms with Crippen LogP contribution in [0.5, 0.6) is 0 Å². The first-order valence-electron chi connectivity index (χ1n) is 9.11. The van der Waals surface area contributed by atoms with Gasteiger partial charge in [-0.1, -0.05) is 23.2 Å². The number of likely N-dealkylation sites (tertiary alicyclic amines) is 1. The van der Waals surface area contributed by atoms with Crippen LogP contribution in [0.3, 0.4) is 0 Å². The van der Waals surface area contributed by atoms with Gasteiger partial charge in [-0.3, -0.25) is 4.79 Å². The third kappa shape index (κ3) is 3.17. The molecule has 0 bridgehead atoms. The molecular weight excluding hydrogens is 320 g/mol. The van der Waals surface area contributed by atoms with Gasteiger partial charge in [-0.15, -0.1) is 5.10 Å². The monoisotopic (exact) mass is 344 g/mol. The molecular formula is C17H24N6O2. The summed E-state index contributed by atoms with van der Waals surface area (Å²) < 4.78 is 7.15. The van der Waals surface area contributed by atoms with E-state index in [-0.39, 0.29) is 11.8 Å². The number of aromatic nitrogens is 5. The van der Waals surface area contributed by atoms with Crippen LogP contribution in [0, 0.1) is 19.8 Å². The van der Waals surface area contributed by atoms with Gasteiger partial charge >= 0.3 is 0 Å². The maximum Gasteiger partial charge on any atom is 0.276 e. The van der Waals surface area contributed by atoms with Crippen molar-refractivity contribution in [2.24, 2.45) is 5.92 Å². The van der Waals surface area contributed by atoms with Gasteiger partial charge in [0.15, 0.2) is 11.5 Å². The minimum absolute atomic E-state index is 0.0473. The molecule has 8 nitrogen and oxygen atoms in total. The Morgan fingerprint density at radius 3 is 2.76 bits per heavy atom. The molecule has 1 saturated heterocycles. The maximum absolute atomic E-state index is 12.8. The van der Waals surface area contributed by atoms with Crippen LogP contribution in [0.15, 0.2) is 4.52 Å². The Morgan fingerprint density at radius 2 is 2.04 bits per heavy atom. The molecule has 0 aromatic carbocycles. The number of nitrogens with zero attached hydrogens (tertiary/aromatic N) is 6.